The highest BCUT2D eigenvalue weighted by molar-refractivity contribution is 7.14. The Morgan fingerprint density at radius 1 is 1.24 bits per heavy atom. The zero-order valence-corrected chi connectivity index (χ0v) is 11.0. The molecule has 1 aliphatic rings. The van der Waals surface area contributed by atoms with E-state index in [0.717, 1.165) is 27.6 Å². The van der Waals surface area contributed by atoms with Gasteiger partial charge in [-0.05, 0) is 37.6 Å². The van der Waals surface area contributed by atoms with E-state index in [1.807, 2.05) is 38.1 Å². The summed E-state index contributed by atoms with van der Waals surface area (Å²) in [5.74, 6) is 0.767. The molecule has 0 amide bonds. The Labute approximate surface area is 109 Å². The minimum Gasteiger partial charge on any atom is -0.444 e. The molecule has 0 bridgehead atoms. The Kier molecular flexibility index (Phi) is 2.45. The van der Waals surface area contributed by atoms with Crippen molar-refractivity contribution in [2.45, 2.75) is 13.8 Å². The van der Waals surface area contributed by atoms with Gasteiger partial charge in [0.2, 0.25) is 0 Å². The van der Waals surface area contributed by atoms with Crippen molar-refractivity contribution in [3.8, 4) is 10.8 Å². The van der Waals surface area contributed by atoms with Crippen molar-refractivity contribution in [1.29, 1.82) is 0 Å². The number of fused-ring (bicyclic) bond motifs is 2. The van der Waals surface area contributed by atoms with E-state index in [9.17, 15) is 0 Å². The molecule has 0 atom stereocenters. The van der Waals surface area contributed by atoms with Gasteiger partial charge in [-0.3, -0.25) is 0 Å². The number of halogens is 1. The van der Waals surface area contributed by atoms with Crippen LogP contribution in [0.3, 0.4) is 0 Å². The van der Waals surface area contributed by atoms with E-state index in [1.165, 1.54) is 4.88 Å². The van der Waals surface area contributed by atoms with E-state index in [2.05, 4.69) is 4.99 Å². The zero-order chi connectivity index (χ0) is 12.0. The van der Waals surface area contributed by atoms with Crippen LogP contribution in [0.2, 0.25) is 0 Å². The second-order valence-electron chi connectivity index (χ2n) is 4.03. The standard InChI is InChI=1S/C13H10ClNOS/c1-7-3-4-10-11(5-7)16-13-9(12(14)15-10)6-8(2)17-13/h3-6H,1-2H3. The molecule has 4 heteroatoms. The van der Waals surface area contributed by atoms with Gasteiger partial charge in [-0.1, -0.05) is 17.7 Å². The Hall–Kier alpha value is -1.32. The summed E-state index contributed by atoms with van der Waals surface area (Å²) < 4.78 is 5.89. The van der Waals surface area contributed by atoms with Crippen molar-refractivity contribution in [3.05, 3.63) is 40.3 Å². The molecule has 0 saturated carbocycles. The predicted octanol–water partition coefficient (Wildman–Crippen LogP) is 4.79. The Morgan fingerprint density at radius 3 is 2.88 bits per heavy atom. The molecule has 0 spiro atoms. The van der Waals surface area contributed by atoms with Crippen molar-refractivity contribution in [1.82, 2.24) is 0 Å². The van der Waals surface area contributed by atoms with Crippen LogP contribution < -0.4 is 4.74 Å². The summed E-state index contributed by atoms with van der Waals surface area (Å²) in [4.78, 5) is 5.57. The first-order chi connectivity index (χ1) is 8.13. The third kappa shape index (κ3) is 1.85. The van der Waals surface area contributed by atoms with E-state index in [-0.39, 0.29) is 0 Å². The second-order valence-corrected chi connectivity index (χ2v) is 5.61. The molecular formula is C13H10ClNOS. The van der Waals surface area contributed by atoms with Gasteiger partial charge in [-0.2, -0.15) is 0 Å². The lowest BCUT2D eigenvalue weighted by Crippen LogP contribution is -1.87. The van der Waals surface area contributed by atoms with Crippen molar-refractivity contribution in [2.75, 3.05) is 0 Å². The average molecular weight is 264 g/mol. The van der Waals surface area contributed by atoms with Gasteiger partial charge in [0, 0.05) is 4.88 Å². The van der Waals surface area contributed by atoms with Gasteiger partial charge in [0.15, 0.2) is 10.8 Å². The fourth-order valence-electron chi connectivity index (χ4n) is 1.77. The van der Waals surface area contributed by atoms with E-state index in [4.69, 9.17) is 16.3 Å². The lowest BCUT2D eigenvalue weighted by atomic mass is 10.2. The first kappa shape index (κ1) is 10.8. The molecule has 0 saturated heterocycles. The van der Waals surface area contributed by atoms with Crippen LogP contribution in [-0.4, -0.2) is 5.17 Å². The highest BCUT2D eigenvalue weighted by atomic mass is 35.5. The molecule has 1 aromatic heterocycles. The minimum absolute atomic E-state index is 0.493. The number of rotatable bonds is 0. The molecule has 1 aromatic carbocycles. The molecule has 2 aromatic rings. The van der Waals surface area contributed by atoms with E-state index in [0.29, 0.717) is 5.17 Å². The number of hydrogen-bond acceptors (Lipinski definition) is 3. The number of aryl methyl sites for hydroxylation is 2. The van der Waals surface area contributed by atoms with Crippen LogP contribution in [0.5, 0.6) is 10.8 Å². The van der Waals surface area contributed by atoms with Crippen LogP contribution in [0, 0.1) is 13.8 Å². The van der Waals surface area contributed by atoms with Gasteiger partial charge in [-0.15, -0.1) is 11.3 Å². The van der Waals surface area contributed by atoms with Crippen LogP contribution in [-0.2, 0) is 0 Å². The van der Waals surface area contributed by atoms with Crippen molar-refractivity contribution in [3.63, 3.8) is 0 Å². The van der Waals surface area contributed by atoms with Crippen LogP contribution in [0.1, 0.15) is 16.0 Å². The molecule has 1 aliphatic heterocycles. The maximum atomic E-state index is 6.21. The van der Waals surface area contributed by atoms with Gasteiger partial charge in [0.05, 0.1) is 5.56 Å². The molecular weight excluding hydrogens is 254 g/mol. The van der Waals surface area contributed by atoms with Gasteiger partial charge in [0.25, 0.3) is 0 Å². The smallest absolute Gasteiger partial charge is 0.191 e. The van der Waals surface area contributed by atoms with Gasteiger partial charge in [0.1, 0.15) is 10.9 Å². The number of thiophene rings is 1. The summed E-state index contributed by atoms with van der Waals surface area (Å²) in [6.07, 6.45) is 0. The third-order valence-electron chi connectivity index (χ3n) is 2.58. The summed E-state index contributed by atoms with van der Waals surface area (Å²) in [5, 5.41) is 1.31. The first-order valence-electron chi connectivity index (χ1n) is 5.27. The Balaban J connectivity index is 2.22. The normalized spacial score (nSPS) is 13.2. The lowest BCUT2D eigenvalue weighted by molar-refractivity contribution is 0.498. The van der Waals surface area contributed by atoms with Crippen LogP contribution >= 0.6 is 22.9 Å². The maximum absolute atomic E-state index is 6.21. The lowest BCUT2D eigenvalue weighted by Gasteiger charge is -2.05. The summed E-state index contributed by atoms with van der Waals surface area (Å²) in [6.45, 7) is 4.06. The van der Waals surface area contributed by atoms with Crippen LogP contribution in [0.4, 0.5) is 5.69 Å². The molecule has 0 N–H and O–H groups in total. The summed E-state index contributed by atoms with van der Waals surface area (Å²) in [5.41, 5.74) is 2.80. The number of hydrogen-bond donors (Lipinski definition) is 0. The third-order valence-corrected chi connectivity index (χ3v) is 3.80. The first-order valence-corrected chi connectivity index (χ1v) is 6.46. The molecule has 86 valence electrons. The Bertz CT molecular complexity index is 630. The van der Waals surface area contributed by atoms with Gasteiger partial charge < -0.3 is 4.74 Å². The number of benzene rings is 1. The highest BCUT2D eigenvalue weighted by Gasteiger charge is 2.19. The van der Waals surface area contributed by atoms with Crippen molar-refractivity contribution in [2.24, 2.45) is 4.99 Å². The van der Waals surface area contributed by atoms with Crippen molar-refractivity contribution >= 4 is 33.8 Å². The SMILES string of the molecule is Cc1ccc2c(c1)Oc1sc(C)cc1C(Cl)=N2. The molecule has 2 nitrogen and oxygen atoms in total. The molecule has 0 unspecified atom stereocenters. The van der Waals surface area contributed by atoms with Gasteiger partial charge in [-0.25, -0.2) is 4.99 Å². The highest BCUT2D eigenvalue weighted by Crippen LogP contribution is 2.42. The van der Waals surface area contributed by atoms with Gasteiger partial charge >= 0.3 is 0 Å². The molecule has 0 radical (unpaired) electrons. The number of aliphatic imine (C=N–C) groups is 1. The zero-order valence-electron chi connectivity index (χ0n) is 9.45. The largest absolute Gasteiger partial charge is 0.444 e. The number of ether oxygens (including phenoxy) is 1. The summed E-state index contributed by atoms with van der Waals surface area (Å²) >= 11 is 7.80. The summed E-state index contributed by atoms with van der Waals surface area (Å²) in [7, 11) is 0. The minimum atomic E-state index is 0.493. The average Bonchev–Trinajstić information content (AvgIpc) is 2.58. The molecule has 3 rings (SSSR count). The fourth-order valence-corrected chi connectivity index (χ4v) is 2.93. The fraction of sp³-hybridized carbons (Fsp3) is 0.154. The summed E-state index contributed by atoms with van der Waals surface area (Å²) in [6, 6.07) is 7.91. The predicted molar refractivity (Wildman–Crippen MR) is 72.4 cm³/mol. The molecule has 0 fully saturated rings. The van der Waals surface area contributed by atoms with E-state index >= 15 is 0 Å². The maximum Gasteiger partial charge on any atom is 0.191 e. The van der Waals surface area contributed by atoms with E-state index < -0.39 is 0 Å². The Morgan fingerprint density at radius 2 is 2.06 bits per heavy atom. The van der Waals surface area contributed by atoms with Crippen molar-refractivity contribution < 1.29 is 4.74 Å². The number of nitrogens with zero attached hydrogens (tertiary/aromatic N) is 1. The monoisotopic (exact) mass is 263 g/mol. The van der Waals surface area contributed by atoms with Crippen LogP contribution in [0.25, 0.3) is 0 Å². The topological polar surface area (TPSA) is 21.6 Å². The quantitative estimate of drug-likeness (QED) is 0.670. The van der Waals surface area contributed by atoms with E-state index in [1.54, 1.807) is 11.3 Å². The molecule has 0 aliphatic carbocycles. The van der Waals surface area contributed by atoms with Crippen LogP contribution in [0.15, 0.2) is 29.3 Å². The second kappa shape index (κ2) is 3.86. The molecule has 2 heterocycles. The molecule has 17 heavy (non-hydrogen) atoms.